The van der Waals surface area contributed by atoms with E-state index in [2.05, 4.69) is 29.2 Å². The summed E-state index contributed by atoms with van der Waals surface area (Å²) in [4.78, 5) is 8.43. The van der Waals surface area contributed by atoms with Crippen molar-refractivity contribution in [1.29, 1.82) is 0 Å². The van der Waals surface area contributed by atoms with Crippen LogP contribution in [0.4, 0.5) is 4.39 Å². The molecule has 3 nitrogen and oxygen atoms in total. The zero-order valence-corrected chi connectivity index (χ0v) is 17.3. The largest absolute Gasteiger partial charge is 0.489 e. The zero-order valence-electron chi connectivity index (χ0n) is 17.3. The Balaban J connectivity index is 1.49. The fourth-order valence-electron chi connectivity index (χ4n) is 3.64. The van der Waals surface area contributed by atoms with E-state index in [1.54, 1.807) is 18.2 Å². The molecule has 0 amide bonds. The first-order valence-electron chi connectivity index (χ1n) is 10.5. The van der Waals surface area contributed by atoms with E-state index in [0.717, 1.165) is 33.9 Å². The van der Waals surface area contributed by atoms with Crippen LogP contribution in [-0.4, -0.2) is 9.97 Å². The number of halogens is 1. The molecule has 0 aliphatic heterocycles. The Morgan fingerprint density at radius 2 is 1.34 bits per heavy atom. The number of imidazole rings is 1. The lowest BCUT2D eigenvalue weighted by Crippen LogP contribution is -1.98. The predicted molar refractivity (Wildman–Crippen MR) is 126 cm³/mol. The maximum Gasteiger partial charge on any atom is 0.138 e. The normalized spacial score (nSPS) is 10.8. The van der Waals surface area contributed by atoms with Gasteiger partial charge in [0.2, 0.25) is 0 Å². The third kappa shape index (κ3) is 4.16. The summed E-state index contributed by atoms with van der Waals surface area (Å²) in [6, 6.07) is 34.6. The van der Waals surface area contributed by atoms with Crippen LogP contribution in [0, 0.1) is 5.82 Å². The van der Waals surface area contributed by atoms with Crippen LogP contribution in [0.25, 0.3) is 33.9 Å². The molecule has 1 aromatic heterocycles. The molecule has 0 unspecified atom stereocenters. The number of ether oxygens (including phenoxy) is 1. The molecule has 0 bridgehead atoms. The molecule has 0 spiro atoms. The number of benzene rings is 4. The van der Waals surface area contributed by atoms with Gasteiger partial charge in [0.1, 0.15) is 24.0 Å². The standard InChI is InChI=1S/C28H21FN2O/c29-25-17-8-7-14-23(25)19-32-24-16-9-15-22(18-24)28-30-26(20-10-3-1-4-11-20)27(31-28)21-12-5-2-6-13-21/h1-18H,19H2,(H,30,31). The van der Waals surface area contributed by atoms with Crippen LogP contribution in [0.5, 0.6) is 5.75 Å². The van der Waals surface area contributed by atoms with Crippen molar-refractivity contribution in [3.8, 4) is 39.7 Å². The minimum absolute atomic E-state index is 0.165. The third-order valence-corrected chi connectivity index (χ3v) is 5.27. The zero-order chi connectivity index (χ0) is 21.8. The Morgan fingerprint density at radius 1 is 0.688 bits per heavy atom. The van der Waals surface area contributed by atoms with Crippen molar-refractivity contribution < 1.29 is 9.13 Å². The van der Waals surface area contributed by atoms with Crippen LogP contribution in [0.15, 0.2) is 109 Å². The van der Waals surface area contributed by atoms with Crippen molar-refractivity contribution in [3.63, 3.8) is 0 Å². The minimum atomic E-state index is -0.269. The van der Waals surface area contributed by atoms with Gasteiger partial charge in [-0.15, -0.1) is 0 Å². The van der Waals surface area contributed by atoms with Crippen LogP contribution in [0.1, 0.15) is 5.56 Å². The predicted octanol–water partition coefficient (Wildman–Crippen LogP) is 7.13. The van der Waals surface area contributed by atoms with Gasteiger partial charge in [0.15, 0.2) is 0 Å². The van der Waals surface area contributed by atoms with Crippen molar-refractivity contribution in [3.05, 3.63) is 121 Å². The van der Waals surface area contributed by atoms with E-state index in [1.807, 2.05) is 60.7 Å². The maximum atomic E-state index is 13.9. The van der Waals surface area contributed by atoms with E-state index in [1.165, 1.54) is 6.07 Å². The summed E-state index contributed by atoms with van der Waals surface area (Å²) in [5, 5.41) is 0. The molecule has 0 radical (unpaired) electrons. The summed E-state index contributed by atoms with van der Waals surface area (Å²) >= 11 is 0. The number of aromatic amines is 1. The second-order valence-electron chi connectivity index (χ2n) is 7.45. The molecule has 4 heteroatoms. The highest BCUT2D eigenvalue weighted by Crippen LogP contribution is 2.33. The van der Waals surface area contributed by atoms with Crippen LogP contribution >= 0.6 is 0 Å². The van der Waals surface area contributed by atoms with E-state index < -0.39 is 0 Å². The van der Waals surface area contributed by atoms with Gasteiger partial charge >= 0.3 is 0 Å². The van der Waals surface area contributed by atoms with Gasteiger partial charge in [-0.25, -0.2) is 9.37 Å². The Bertz CT molecular complexity index is 1270. The van der Waals surface area contributed by atoms with Crippen LogP contribution in [0.2, 0.25) is 0 Å². The quantitative estimate of drug-likeness (QED) is 0.317. The molecule has 5 aromatic rings. The second kappa shape index (κ2) is 8.90. The Labute approximate surface area is 186 Å². The lowest BCUT2D eigenvalue weighted by molar-refractivity contribution is 0.300. The molecule has 4 aromatic carbocycles. The average molecular weight is 420 g/mol. The smallest absolute Gasteiger partial charge is 0.138 e. The molecular weight excluding hydrogens is 399 g/mol. The summed E-state index contributed by atoms with van der Waals surface area (Å²) in [6.45, 7) is 0.165. The van der Waals surface area contributed by atoms with Gasteiger partial charge in [-0.3, -0.25) is 0 Å². The van der Waals surface area contributed by atoms with E-state index in [9.17, 15) is 4.39 Å². The average Bonchev–Trinajstić information content (AvgIpc) is 3.31. The summed E-state index contributed by atoms with van der Waals surface area (Å²) in [6.07, 6.45) is 0. The molecule has 1 N–H and O–H groups in total. The Hall–Kier alpha value is -4.18. The topological polar surface area (TPSA) is 37.9 Å². The first kappa shape index (κ1) is 19.8. The molecule has 156 valence electrons. The monoisotopic (exact) mass is 420 g/mol. The van der Waals surface area contributed by atoms with Crippen molar-refractivity contribution in [1.82, 2.24) is 9.97 Å². The number of nitrogens with one attached hydrogen (secondary N) is 1. The lowest BCUT2D eigenvalue weighted by Gasteiger charge is -2.08. The molecule has 0 saturated carbocycles. The van der Waals surface area contributed by atoms with Gasteiger partial charge in [0, 0.05) is 22.3 Å². The Morgan fingerprint density at radius 3 is 2.09 bits per heavy atom. The van der Waals surface area contributed by atoms with E-state index in [0.29, 0.717) is 11.3 Å². The maximum absolute atomic E-state index is 13.9. The SMILES string of the molecule is Fc1ccccc1COc1cccc(-c2nc(-c3ccccc3)c(-c3ccccc3)[nH]2)c1. The molecule has 32 heavy (non-hydrogen) atoms. The number of rotatable bonds is 6. The molecule has 5 rings (SSSR count). The number of hydrogen-bond donors (Lipinski definition) is 1. The number of H-pyrrole nitrogens is 1. The number of hydrogen-bond acceptors (Lipinski definition) is 2. The van der Waals surface area contributed by atoms with Gasteiger partial charge in [0.05, 0.1) is 11.4 Å². The van der Waals surface area contributed by atoms with Crippen molar-refractivity contribution in [2.45, 2.75) is 6.61 Å². The molecular formula is C28H21FN2O. The van der Waals surface area contributed by atoms with Crippen LogP contribution in [0.3, 0.4) is 0 Å². The third-order valence-electron chi connectivity index (χ3n) is 5.27. The van der Waals surface area contributed by atoms with Crippen LogP contribution in [-0.2, 0) is 6.61 Å². The van der Waals surface area contributed by atoms with Gasteiger partial charge in [-0.05, 0) is 18.2 Å². The molecule has 0 aliphatic rings. The van der Waals surface area contributed by atoms with Crippen LogP contribution < -0.4 is 4.74 Å². The highest BCUT2D eigenvalue weighted by Gasteiger charge is 2.15. The molecule has 0 atom stereocenters. The fourth-order valence-corrected chi connectivity index (χ4v) is 3.64. The van der Waals surface area contributed by atoms with E-state index in [4.69, 9.17) is 9.72 Å². The van der Waals surface area contributed by atoms with Crippen molar-refractivity contribution in [2.24, 2.45) is 0 Å². The Kier molecular flexibility index (Phi) is 5.50. The van der Waals surface area contributed by atoms with Crippen molar-refractivity contribution in [2.75, 3.05) is 0 Å². The van der Waals surface area contributed by atoms with Gasteiger partial charge in [-0.2, -0.15) is 0 Å². The summed E-state index contributed by atoms with van der Waals surface area (Å²) in [5.74, 6) is 1.14. The van der Waals surface area contributed by atoms with E-state index in [-0.39, 0.29) is 12.4 Å². The highest BCUT2D eigenvalue weighted by molar-refractivity contribution is 5.81. The molecule has 1 heterocycles. The van der Waals surface area contributed by atoms with E-state index >= 15 is 0 Å². The summed E-state index contributed by atoms with van der Waals surface area (Å²) < 4.78 is 19.8. The lowest BCUT2D eigenvalue weighted by atomic mass is 10.1. The number of nitrogens with zero attached hydrogens (tertiary/aromatic N) is 1. The molecule has 0 saturated heterocycles. The summed E-state index contributed by atoms with van der Waals surface area (Å²) in [5.41, 5.74) is 5.39. The number of aromatic nitrogens is 2. The van der Waals surface area contributed by atoms with Crippen molar-refractivity contribution >= 4 is 0 Å². The second-order valence-corrected chi connectivity index (χ2v) is 7.45. The minimum Gasteiger partial charge on any atom is -0.489 e. The highest BCUT2D eigenvalue weighted by atomic mass is 19.1. The first-order valence-corrected chi connectivity index (χ1v) is 10.5. The molecule has 0 aliphatic carbocycles. The fraction of sp³-hybridized carbons (Fsp3) is 0.0357. The van der Waals surface area contributed by atoms with Gasteiger partial charge in [0.25, 0.3) is 0 Å². The van der Waals surface area contributed by atoms with Gasteiger partial charge < -0.3 is 9.72 Å². The summed E-state index contributed by atoms with van der Waals surface area (Å²) in [7, 11) is 0. The first-order chi connectivity index (χ1) is 15.8. The van der Waals surface area contributed by atoms with Gasteiger partial charge in [-0.1, -0.05) is 91.0 Å². The molecule has 0 fully saturated rings.